The Balaban J connectivity index is 2.20. The third-order valence-corrected chi connectivity index (χ3v) is 11.0. The lowest BCUT2D eigenvalue weighted by Gasteiger charge is -2.39. The third kappa shape index (κ3) is 6.76. The maximum atomic E-state index is 11.5. The molecule has 0 bridgehead atoms. The topological polar surface area (TPSA) is 54.0 Å². The molecule has 4 atom stereocenters. The van der Waals surface area contributed by atoms with Gasteiger partial charge in [-0.3, -0.25) is 0 Å². The number of hydrogen-bond donors (Lipinski definition) is 0. The van der Waals surface area contributed by atoms with Gasteiger partial charge in [0, 0.05) is 18.9 Å². The minimum Gasteiger partial charge on any atom is -0.455 e. The van der Waals surface area contributed by atoms with E-state index in [0.717, 1.165) is 0 Å². The highest BCUT2D eigenvalue weighted by Gasteiger charge is 2.50. The molecular formula is C23H37IO5Si. The maximum Gasteiger partial charge on any atom is 0.331 e. The average Bonchev–Trinajstić information content (AvgIpc) is 2.81. The Labute approximate surface area is 196 Å². The summed E-state index contributed by atoms with van der Waals surface area (Å²) in [7, 11) is -1.95. The van der Waals surface area contributed by atoms with Crippen molar-refractivity contribution in [2.75, 3.05) is 0 Å². The summed E-state index contributed by atoms with van der Waals surface area (Å²) in [4.78, 5) is 11.5. The second-order valence-electron chi connectivity index (χ2n) is 10.2. The Morgan fingerprint density at radius 1 is 1.33 bits per heavy atom. The summed E-state index contributed by atoms with van der Waals surface area (Å²) in [5.41, 5.74) is -0.648. The van der Waals surface area contributed by atoms with Crippen molar-refractivity contribution in [1.29, 1.82) is 0 Å². The molecule has 1 fully saturated rings. The molecule has 0 radical (unpaired) electrons. The number of halogens is 1. The standard InChI is InChI=1S/C23H37IO5Si/c1-21(2,3)30(7,8)28-18(13-15-24)16-19-23(6,29-22(4,5)27-19)14-12-17-10-9-11-20(25)26-17/h9,11-15,17-19H,10,16H2,1-8H3/b14-12+,15-13+/t17-,18+,19-,23-/m1/s1. The molecule has 0 unspecified atom stereocenters. The first-order valence-corrected chi connectivity index (χ1v) is 14.7. The first-order chi connectivity index (χ1) is 13.7. The largest absolute Gasteiger partial charge is 0.455 e. The molecule has 30 heavy (non-hydrogen) atoms. The van der Waals surface area contributed by atoms with E-state index in [0.29, 0.717) is 12.8 Å². The van der Waals surface area contributed by atoms with Crippen LogP contribution >= 0.6 is 22.6 Å². The van der Waals surface area contributed by atoms with Crippen molar-refractivity contribution in [1.82, 2.24) is 0 Å². The average molecular weight is 549 g/mol. The molecule has 0 aliphatic carbocycles. The van der Waals surface area contributed by atoms with Crippen molar-refractivity contribution < 1.29 is 23.4 Å². The Morgan fingerprint density at radius 2 is 2.00 bits per heavy atom. The number of esters is 1. The van der Waals surface area contributed by atoms with E-state index in [4.69, 9.17) is 18.6 Å². The molecule has 0 saturated carbocycles. The predicted octanol–water partition coefficient (Wildman–Crippen LogP) is 6.05. The van der Waals surface area contributed by atoms with Crippen LogP contribution in [0.4, 0.5) is 0 Å². The molecule has 1 saturated heterocycles. The Hall–Kier alpha value is -0.483. The van der Waals surface area contributed by atoms with Gasteiger partial charge in [0.05, 0.1) is 12.2 Å². The van der Waals surface area contributed by atoms with E-state index in [1.165, 1.54) is 6.08 Å². The van der Waals surface area contributed by atoms with E-state index in [1.807, 2.05) is 43.1 Å². The van der Waals surface area contributed by atoms with Crippen molar-refractivity contribution in [2.45, 2.75) is 102 Å². The lowest BCUT2D eigenvalue weighted by Crippen LogP contribution is -2.45. The molecule has 170 valence electrons. The summed E-state index contributed by atoms with van der Waals surface area (Å²) in [6.45, 7) is 17.2. The van der Waals surface area contributed by atoms with Crippen molar-refractivity contribution in [3.05, 3.63) is 34.5 Å². The van der Waals surface area contributed by atoms with Gasteiger partial charge in [-0.1, -0.05) is 61.6 Å². The molecular weight excluding hydrogens is 511 g/mol. The zero-order valence-electron chi connectivity index (χ0n) is 19.5. The maximum absolute atomic E-state index is 11.5. The van der Waals surface area contributed by atoms with Gasteiger partial charge in [-0.25, -0.2) is 4.79 Å². The van der Waals surface area contributed by atoms with Crippen molar-refractivity contribution in [2.24, 2.45) is 0 Å². The highest BCUT2D eigenvalue weighted by atomic mass is 127. The first kappa shape index (κ1) is 25.8. The molecule has 2 aliphatic rings. The summed E-state index contributed by atoms with van der Waals surface area (Å²) in [6, 6.07) is 0. The Kier molecular flexibility index (Phi) is 8.22. The first-order valence-electron chi connectivity index (χ1n) is 10.6. The van der Waals surface area contributed by atoms with E-state index in [2.05, 4.69) is 62.5 Å². The summed E-state index contributed by atoms with van der Waals surface area (Å²) in [5, 5.41) is 0.123. The molecule has 5 nitrogen and oxygen atoms in total. The molecule has 2 aliphatic heterocycles. The molecule has 0 aromatic carbocycles. The van der Waals surface area contributed by atoms with Crippen LogP contribution in [-0.2, 0) is 23.4 Å². The van der Waals surface area contributed by atoms with Crippen LogP contribution in [0.3, 0.4) is 0 Å². The zero-order chi connectivity index (χ0) is 22.8. The van der Waals surface area contributed by atoms with E-state index in [1.54, 1.807) is 0 Å². The minimum absolute atomic E-state index is 0.0616. The molecule has 0 spiro atoms. The van der Waals surface area contributed by atoms with Gasteiger partial charge in [0.1, 0.15) is 11.7 Å². The minimum atomic E-state index is -1.95. The van der Waals surface area contributed by atoms with E-state index < -0.39 is 19.7 Å². The fourth-order valence-corrected chi connectivity index (χ4v) is 5.22. The SMILES string of the molecule is CC1(C)O[C@H](C[C@H](/C=C/I)O[Si](C)(C)C(C)(C)C)[C@@](C)(/C=C/[C@H]2CC=CC(=O)O2)O1. The number of ether oxygens (including phenoxy) is 3. The number of carbonyl (C=O) groups is 1. The highest BCUT2D eigenvalue weighted by molar-refractivity contribution is 14.1. The molecule has 2 heterocycles. The predicted molar refractivity (Wildman–Crippen MR) is 131 cm³/mol. The second-order valence-corrected chi connectivity index (χ2v) is 15.7. The van der Waals surface area contributed by atoms with Gasteiger partial charge in [0.2, 0.25) is 0 Å². The van der Waals surface area contributed by atoms with E-state index in [-0.39, 0.29) is 29.3 Å². The monoisotopic (exact) mass is 548 g/mol. The molecule has 2 rings (SSSR count). The Morgan fingerprint density at radius 3 is 2.57 bits per heavy atom. The fraction of sp³-hybridized carbons (Fsp3) is 0.696. The van der Waals surface area contributed by atoms with Crippen LogP contribution in [0.2, 0.25) is 18.1 Å². The summed E-state index contributed by atoms with van der Waals surface area (Å²) >= 11 is 2.24. The van der Waals surface area contributed by atoms with Crippen molar-refractivity contribution in [3.8, 4) is 0 Å². The van der Waals surface area contributed by atoms with E-state index in [9.17, 15) is 4.79 Å². The van der Waals surface area contributed by atoms with Crippen molar-refractivity contribution in [3.63, 3.8) is 0 Å². The Bertz CT molecular complexity index is 707. The van der Waals surface area contributed by atoms with Gasteiger partial charge in [0.25, 0.3) is 0 Å². The number of rotatable bonds is 7. The molecule has 0 N–H and O–H groups in total. The lowest BCUT2D eigenvalue weighted by molar-refractivity contribution is -0.154. The summed E-state index contributed by atoms with van der Waals surface area (Å²) in [6.07, 6.45) is 10.1. The highest BCUT2D eigenvalue weighted by Crippen LogP contribution is 2.42. The van der Waals surface area contributed by atoms with Crippen LogP contribution in [0.25, 0.3) is 0 Å². The van der Waals surface area contributed by atoms with Crippen LogP contribution in [0.15, 0.2) is 34.5 Å². The number of hydrogen-bond acceptors (Lipinski definition) is 5. The second kappa shape index (κ2) is 9.56. The quantitative estimate of drug-likeness (QED) is 0.168. The van der Waals surface area contributed by atoms with Crippen LogP contribution in [-0.4, -0.2) is 44.0 Å². The molecule has 0 aromatic rings. The third-order valence-electron chi connectivity index (χ3n) is 6.05. The van der Waals surface area contributed by atoms with Gasteiger partial charge < -0.3 is 18.6 Å². The smallest absolute Gasteiger partial charge is 0.331 e. The van der Waals surface area contributed by atoms with Crippen LogP contribution in [0.5, 0.6) is 0 Å². The zero-order valence-corrected chi connectivity index (χ0v) is 22.7. The fourth-order valence-electron chi connectivity index (χ4n) is 3.47. The number of carbonyl (C=O) groups excluding carboxylic acids is 1. The molecule has 0 aromatic heterocycles. The van der Waals surface area contributed by atoms with Crippen molar-refractivity contribution >= 4 is 36.9 Å². The van der Waals surface area contributed by atoms with Crippen LogP contribution in [0, 0.1) is 0 Å². The van der Waals surface area contributed by atoms with Gasteiger partial charge in [-0.05, 0) is 49.1 Å². The van der Waals surface area contributed by atoms with Gasteiger partial charge in [-0.15, -0.1) is 0 Å². The molecule has 0 amide bonds. The van der Waals surface area contributed by atoms with Gasteiger partial charge in [0.15, 0.2) is 14.1 Å². The lowest BCUT2D eigenvalue weighted by atomic mass is 9.93. The summed E-state index contributed by atoms with van der Waals surface area (Å²) in [5.74, 6) is -1.01. The van der Waals surface area contributed by atoms with Crippen LogP contribution < -0.4 is 0 Å². The van der Waals surface area contributed by atoms with Crippen LogP contribution in [0.1, 0.15) is 54.4 Å². The molecule has 7 heteroatoms. The van der Waals surface area contributed by atoms with E-state index >= 15 is 0 Å². The normalized spacial score (nSPS) is 30.9. The number of cyclic esters (lactones) is 1. The van der Waals surface area contributed by atoms with Gasteiger partial charge in [-0.2, -0.15) is 0 Å². The summed E-state index contributed by atoms with van der Waals surface area (Å²) < 4.78 is 26.7. The van der Waals surface area contributed by atoms with Gasteiger partial charge >= 0.3 is 5.97 Å².